The number of aliphatic hydroxyl groups excluding tert-OH is 1. The van der Waals surface area contributed by atoms with Gasteiger partial charge in [-0.05, 0) is 32.1 Å². The van der Waals surface area contributed by atoms with Crippen LogP contribution in [0.4, 0.5) is 0 Å². The standard InChI is InChI=1S/C42H83NO8/c1-4-7-10-13-16-17-18-21-24-33-47-38-39-50-41(45)27-29-43(30-32-44)31-35-49-37-36-48-34-28-42(46)51-40(25-22-19-14-11-8-5-2)26-23-20-15-12-9-6-3/h40,44H,4-39H2,1-3H3. The Balaban J connectivity index is 3.94. The lowest BCUT2D eigenvalue weighted by atomic mass is 10.0. The Morgan fingerprint density at radius 1 is 0.471 bits per heavy atom. The number of aliphatic hydroxyl groups is 1. The van der Waals surface area contributed by atoms with E-state index in [-0.39, 0.29) is 44.1 Å². The molecular weight excluding hydrogens is 646 g/mol. The number of hydrogen-bond acceptors (Lipinski definition) is 9. The van der Waals surface area contributed by atoms with E-state index in [2.05, 4.69) is 20.8 Å². The zero-order valence-electron chi connectivity index (χ0n) is 33.8. The van der Waals surface area contributed by atoms with E-state index in [4.69, 9.17) is 23.7 Å². The molecule has 0 saturated carbocycles. The summed E-state index contributed by atoms with van der Waals surface area (Å²) in [6, 6.07) is 0. The molecule has 9 nitrogen and oxygen atoms in total. The SMILES string of the molecule is CCCCCCCCCCCOCCOC(=O)CCN(CCO)CCOCCOCCC(=O)OC(CCCCCCCC)CCCCCCCC. The van der Waals surface area contributed by atoms with Gasteiger partial charge in [0.2, 0.25) is 0 Å². The first kappa shape index (κ1) is 49.7. The molecule has 0 spiro atoms. The highest BCUT2D eigenvalue weighted by molar-refractivity contribution is 5.69. The summed E-state index contributed by atoms with van der Waals surface area (Å²) in [6.07, 6.45) is 29.0. The van der Waals surface area contributed by atoms with E-state index < -0.39 is 0 Å². The van der Waals surface area contributed by atoms with Gasteiger partial charge in [0.1, 0.15) is 12.7 Å². The Morgan fingerprint density at radius 2 is 0.941 bits per heavy atom. The molecule has 0 atom stereocenters. The third-order valence-electron chi connectivity index (χ3n) is 9.36. The Labute approximate surface area is 314 Å². The lowest BCUT2D eigenvalue weighted by Gasteiger charge is -2.20. The molecule has 51 heavy (non-hydrogen) atoms. The number of esters is 2. The number of rotatable bonds is 42. The van der Waals surface area contributed by atoms with Crippen molar-refractivity contribution in [2.75, 3.05) is 72.5 Å². The van der Waals surface area contributed by atoms with E-state index >= 15 is 0 Å². The Kier molecular flexibility index (Phi) is 40.5. The minimum absolute atomic E-state index is 0.0136. The van der Waals surface area contributed by atoms with E-state index in [1.54, 1.807) is 0 Å². The van der Waals surface area contributed by atoms with Crippen molar-refractivity contribution in [2.24, 2.45) is 0 Å². The fourth-order valence-electron chi connectivity index (χ4n) is 6.11. The van der Waals surface area contributed by atoms with Gasteiger partial charge in [-0.25, -0.2) is 0 Å². The monoisotopic (exact) mass is 730 g/mol. The number of nitrogens with zero attached hydrogens (tertiary/aromatic N) is 1. The maximum Gasteiger partial charge on any atom is 0.308 e. The lowest BCUT2D eigenvalue weighted by molar-refractivity contribution is -0.151. The van der Waals surface area contributed by atoms with E-state index in [0.29, 0.717) is 59.3 Å². The summed E-state index contributed by atoms with van der Waals surface area (Å²) in [5, 5.41) is 9.43. The molecule has 0 saturated heterocycles. The van der Waals surface area contributed by atoms with Crippen LogP contribution in [0, 0.1) is 0 Å². The highest BCUT2D eigenvalue weighted by Crippen LogP contribution is 2.17. The first-order chi connectivity index (χ1) is 25.1. The Morgan fingerprint density at radius 3 is 1.49 bits per heavy atom. The summed E-state index contributed by atoms with van der Waals surface area (Å²) in [4.78, 5) is 26.7. The Bertz CT molecular complexity index is 709. The van der Waals surface area contributed by atoms with Crippen LogP contribution in [0.5, 0.6) is 0 Å². The van der Waals surface area contributed by atoms with E-state index in [0.717, 1.165) is 32.1 Å². The molecule has 0 bridgehead atoms. The average Bonchev–Trinajstić information content (AvgIpc) is 3.12. The van der Waals surface area contributed by atoms with Crippen molar-refractivity contribution < 1.29 is 38.4 Å². The van der Waals surface area contributed by atoms with Gasteiger partial charge in [-0.3, -0.25) is 14.5 Å². The number of carbonyl (C=O) groups excluding carboxylic acids is 2. The molecular formula is C42H83NO8. The van der Waals surface area contributed by atoms with Crippen LogP contribution in [-0.2, 0) is 33.3 Å². The molecule has 0 fully saturated rings. The van der Waals surface area contributed by atoms with Gasteiger partial charge in [0, 0.05) is 26.2 Å². The predicted molar refractivity (Wildman–Crippen MR) is 209 cm³/mol. The number of hydrogen-bond donors (Lipinski definition) is 1. The fraction of sp³-hybridized carbons (Fsp3) is 0.952. The van der Waals surface area contributed by atoms with E-state index in [9.17, 15) is 14.7 Å². The van der Waals surface area contributed by atoms with Gasteiger partial charge in [0.25, 0.3) is 0 Å². The molecule has 0 aliphatic heterocycles. The van der Waals surface area contributed by atoms with E-state index in [1.807, 2.05) is 4.90 Å². The van der Waals surface area contributed by atoms with Gasteiger partial charge in [-0.2, -0.15) is 0 Å². The quantitative estimate of drug-likeness (QED) is 0.0486. The van der Waals surface area contributed by atoms with Crippen LogP contribution in [0.1, 0.15) is 181 Å². The summed E-state index contributed by atoms with van der Waals surface area (Å²) in [5.74, 6) is -0.425. The van der Waals surface area contributed by atoms with E-state index in [1.165, 1.54) is 116 Å². The smallest absolute Gasteiger partial charge is 0.308 e. The van der Waals surface area contributed by atoms with Gasteiger partial charge >= 0.3 is 11.9 Å². The van der Waals surface area contributed by atoms with Crippen molar-refractivity contribution in [3.05, 3.63) is 0 Å². The second kappa shape index (κ2) is 41.5. The summed E-state index contributed by atoms with van der Waals surface area (Å²) in [7, 11) is 0. The normalized spacial score (nSPS) is 11.6. The van der Waals surface area contributed by atoms with Gasteiger partial charge < -0.3 is 28.8 Å². The first-order valence-electron chi connectivity index (χ1n) is 21.5. The van der Waals surface area contributed by atoms with Gasteiger partial charge in [0.05, 0.1) is 52.5 Å². The van der Waals surface area contributed by atoms with Crippen LogP contribution in [0.25, 0.3) is 0 Å². The third-order valence-corrected chi connectivity index (χ3v) is 9.36. The zero-order chi connectivity index (χ0) is 37.3. The molecule has 0 heterocycles. The maximum atomic E-state index is 12.6. The van der Waals surface area contributed by atoms with Crippen molar-refractivity contribution in [3.8, 4) is 0 Å². The van der Waals surface area contributed by atoms with Crippen molar-refractivity contribution in [1.82, 2.24) is 4.90 Å². The van der Waals surface area contributed by atoms with Gasteiger partial charge in [0.15, 0.2) is 0 Å². The minimum atomic E-state index is -0.256. The van der Waals surface area contributed by atoms with Crippen LogP contribution in [-0.4, -0.2) is 101 Å². The fourth-order valence-corrected chi connectivity index (χ4v) is 6.11. The molecule has 0 unspecified atom stereocenters. The minimum Gasteiger partial charge on any atom is -0.463 e. The summed E-state index contributed by atoms with van der Waals surface area (Å²) in [5.41, 5.74) is 0. The molecule has 0 aliphatic carbocycles. The molecule has 0 aromatic heterocycles. The summed E-state index contributed by atoms with van der Waals surface area (Å²) in [6.45, 7) is 11.3. The van der Waals surface area contributed by atoms with Crippen molar-refractivity contribution in [1.29, 1.82) is 0 Å². The zero-order valence-corrected chi connectivity index (χ0v) is 33.8. The van der Waals surface area contributed by atoms with Gasteiger partial charge in [-0.15, -0.1) is 0 Å². The van der Waals surface area contributed by atoms with Crippen molar-refractivity contribution in [2.45, 2.75) is 187 Å². The average molecular weight is 730 g/mol. The van der Waals surface area contributed by atoms with Crippen LogP contribution in [0.15, 0.2) is 0 Å². The molecule has 0 aromatic rings. The summed E-state index contributed by atoms with van der Waals surface area (Å²) >= 11 is 0. The van der Waals surface area contributed by atoms with Crippen LogP contribution < -0.4 is 0 Å². The number of unbranched alkanes of at least 4 members (excludes halogenated alkanes) is 18. The van der Waals surface area contributed by atoms with Crippen LogP contribution >= 0.6 is 0 Å². The molecule has 9 heteroatoms. The molecule has 0 rings (SSSR count). The molecule has 0 amide bonds. The Hall–Kier alpha value is -1.26. The molecule has 0 radical (unpaired) electrons. The van der Waals surface area contributed by atoms with Crippen LogP contribution in [0.3, 0.4) is 0 Å². The molecule has 304 valence electrons. The second-order valence-electron chi connectivity index (χ2n) is 14.2. The number of ether oxygens (including phenoxy) is 5. The topological polar surface area (TPSA) is 104 Å². The summed E-state index contributed by atoms with van der Waals surface area (Å²) < 4.78 is 28.2. The van der Waals surface area contributed by atoms with Crippen molar-refractivity contribution in [3.63, 3.8) is 0 Å². The highest BCUT2D eigenvalue weighted by atomic mass is 16.6. The molecule has 1 N–H and O–H groups in total. The predicted octanol–water partition coefficient (Wildman–Crippen LogP) is 9.60. The number of carbonyl (C=O) groups is 2. The van der Waals surface area contributed by atoms with Gasteiger partial charge in [-0.1, -0.05) is 136 Å². The maximum absolute atomic E-state index is 12.6. The lowest BCUT2D eigenvalue weighted by Crippen LogP contribution is -2.33. The van der Waals surface area contributed by atoms with Crippen molar-refractivity contribution >= 4 is 11.9 Å². The first-order valence-corrected chi connectivity index (χ1v) is 21.5. The second-order valence-corrected chi connectivity index (χ2v) is 14.2. The molecule has 0 aliphatic rings. The van der Waals surface area contributed by atoms with Crippen LogP contribution in [0.2, 0.25) is 0 Å². The largest absolute Gasteiger partial charge is 0.463 e. The highest BCUT2D eigenvalue weighted by Gasteiger charge is 2.15. The third kappa shape index (κ3) is 38.3. The molecule has 0 aromatic carbocycles.